The van der Waals surface area contributed by atoms with Gasteiger partial charge in [0.05, 0.1) is 0 Å². The molecule has 4 rings (SSSR count). The van der Waals surface area contributed by atoms with Crippen LogP contribution in [0.2, 0.25) is 0 Å². The maximum atomic E-state index is 11.5. The van der Waals surface area contributed by atoms with Crippen molar-refractivity contribution in [3.8, 4) is 0 Å². The van der Waals surface area contributed by atoms with Crippen LogP contribution in [0.1, 0.15) is 79.1 Å². The molecule has 3 saturated carbocycles. The normalized spacial score (nSPS) is 47.1. The zero-order valence-corrected chi connectivity index (χ0v) is 17.5. The van der Waals surface area contributed by atoms with Crippen LogP contribution in [0.5, 0.6) is 0 Å². The van der Waals surface area contributed by atoms with E-state index in [9.17, 15) is 9.59 Å². The SMILES string of the molecule is CC(=O)O[C@H]1CC[C@@]2(C)C(=CC[C@H]3[C@@H]4CC[C@H]([C@H](C)C=O)[C@]4(C)CC[C@@H]32)C1. The summed E-state index contributed by atoms with van der Waals surface area (Å²) in [7, 11) is 0. The number of carbonyl (C=O) groups excluding carboxylic acids is 2. The molecule has 27 heavy (non-hydrogen) atoms. The van der Waals surface area contributed by atoms with Gasteiger partial charge >= 0.3 is 5.97 Å². The minimum atomic E-state index is -0.146. The summed E-state index contributed by atoms with van der Waals surface area (Å²) >= 11 is 0. The predicted molar refractivity (Wildman–Crippen MR) is 106 cm³/mol. The summed E-state index contributed by atoms with van der Waals surface area (Å²) in [6, 6.07) is 0. The van der Waals surface area contributed by atoms with E-state index in [4.69, 9.17) is 4.74 Å². The van der Waals surface area contributed by atoms with Crippen LogP contribution in [0, 0.1) is 40.4 Å². The average Bonchev–Trinajstić information content (AvgIpc) is 2.98. The van der Waals surface area contributed by atoms with E-state index in [2.05, 4.69) is 26.8 Å². The monoisotopic (exact) mass is 372 g/mol. The minimum Gasteiger partial charge on any atom is -0.462 e. The molecule has 0 unspecified atom stereocenters. The number of esters is 1. The summed E-state index contributed by atoms with van der Waals surface area (Å²) in [5, 5.41) is 0. The highest BCUT2D eigenvalue weighted by Gasteiger charge is 2.59. The zero-order valence-electron chi connectivity index (χ0n) is 17.5. The van der Waals surface area contributed by atoms with Crippen LogP contribution in [0.25, 0.3) is 0 Å². The molecule has 0 heterocycles. The van der Waals surface area contributed by atoms with Crippen LogP contribution in [-0.4, -0.2) is 18.4 Å². The van der Waals surface area contributed by atoms with E-state index in [0.717, 1.165) is 37.0 Å². The highest BCUT2D eigenvalue weighted by molar-refractivity contribution is 5.66. The van der Waals surface area contributed by atoms with Crippen LogP contribution in [0.3, 0.4) is 0 Å². The maximum Gasteiger partial charge on any atom is 0.302 e. The van der Waals surface area contributed by atoms with E-state index in [1.807, 2.05) is 0 Å². The second kappa shape index (κ2) is 6.74. The van der Waals surface area contributed by atoms with Gasteiger partial charge in [-0.1, -0.05) is 32.4 Å². The lowest BCUT2D eigenvalue weighted by Crippen LogP contribution is -2.51. The van der Waals surface area contributed by atoms with E-state index in [0.29, 0.717) is 11.3 Å². The number of ether oxygens (including phenoxy) is 1. The van der Waals surface area contributed by atoms with Gasteiger partial charge in [-0.25, -0.2) is 0 Å². The molecule has 0 saturated heterocycles. The Morgan fingerprint density at radius 3 is 2.67 bits per heavy atom. The molecule has 0 aromatic carbocycles. The van der Waals surface area contributed by atoms with E-state index in [1.165, 1.54) is 45.3 Å². The first-order valence-electron chi connectivity index (χ1n) is 11.1. The van der Waals surface area contributed by atoms with Crippen molar-refractivity contribution in [1.82, 2.24) is 0 Å². The number of hydrogen-bond acceptors (Lipinski definition) is 3. The molecule has 150 valence electrons. The van der Waals surface area contributed by atoms with Gasteiger partial charge in [-0.15, -0.1) is 0 Å². The van der Waals surface area contributed by atoms with E-state index < -0.39 is 0 Å². The highest BCUT2D eigenvalue weighted by atomic mass is 16.5. The lowest BCUT2D eigenvalue weighted by molar-refractivity contribution is -0.148. The van der Waals surface area contributed by atoms with Gasteiger partial charge in [-0.3, -0.25) is 4.79 Å². The highest BCUT2D eigenvalue weighted by Crippen LogP contribution is 2.67. The molecule has 0 N–H and O–H groups in total. The van der Waals surface area contributed by atoms with Gasteiger partial charge in [0.1, 0.15) is 12.4 Å². The smallest absolute Gasteiger partial charge is 0.302 e. The molecule has 4 aliphatic carbocycles. The summed E-state index contributed by atoms with van der Waals surface area (Å²) in [5.74, 6) is 2.92. The van der Waals surface area contributed by atoms with Crippen molar-refractivity contribution in [3.63, 3.8) is 0 Å². The Hall–Kier alpha value is -1.12. The number of fused-ring (bicyclic) bond motifs is 5. The molecule has 4 aliphatic rings. The molecule has 3 heteroatoms. The molecule has 3 nitrogen and oxygen atoms in total. The second-order valence-corrected chi connectivity index (χ2v) is 10.5. The van der Waals surface area contributed by atoms with Crippen LogP contribution in [-0.2, 0) is 14.3 Å². The average molecular weight is 373 g/mol. The number of carbonyl (C=O) groups is 2. The van der Waals surface area contributed by atoms with Crippen molar-refractivity contribution >= 4 is 12.3 Å². The minimum absolute atomic E-state index is 0.0801. The van der Waals surface area contributed by atoms with Crippen LogP contribution < -0.4 is 0 Å². The van der Waals surface area contributed by atoms with Crippen LogP contribution in [0.4, 0.5) is 0 Å². The van der Waals surface area contributed by atoms with Crippen LogP contribution >= 0.6 is 0 Å². The molecule has 0 aromatic rings. The largest absolute Gasteiger partial charge is 0.462 e. The Balaban J connectivity index is 1.57. The standard InChI is InChI=1S/C24H36O3/c1-15(14-25)20-7-8-21-19-6-5-17-13-18(27-16(2)26)9-11-23(17,3)22(19)10-12-24(20,21)4/h5,14-15,18-22H,6-13H2,1-4H3/t15-,18+,19+,20-,21+,22+,23+,24+/m1/s1. The summed E-state index contributed by atoms with van der Waals surface area (Å²) in [5.41, 5.74) is 2.19. The number of hydrogen-bond donors (Lipinski definition) is 0. The molecule has 3 fully saturated rings. The van der Waals surface area contributed by atoms with Crippen molar-refractivity contribution in [2.75, 3.05) is 0 Å². The number of allylic oxidation sites excluding steroid dienone is 1. The van der Waals surface area contributed by atoms with Crippen molar-refractivity contribution < 1.29 is 14.3 Å². The Labute approximate surface area is 164 Å². The molecule has 0 amide bonds. The Kier molecular flexibility index (Phi) is 4.79. The van der Waals surface area contributed by atoms with Crippen molar-refractivity contribution in [1.29, 1.82) is 0 Å². The molecule has 0 bridgehead atoms. The third kappa shape index (κ3) is 2.91. The van der Waals surface area contributed by atoms with E-state index in [-0.39, 0.29) is 23.4 Å². The molecular weight excluding hydrogens is 336 g/mol. The number of aldehydes is 1. The summed E-state index contributed by atoms with van der Waals surface area (Å²) < 4.78 is 5.55. The van der Waals surface area contributed by atoms with Gasteiger partial charge in [0.15, 0.2) is 0 Å². The zero-order chi connectivity index (χ0) is 19.4. The lowest BCUT2D eigenvalue weighted by Gasteiger charge is -2.58. The molecular formula is C24H36O3. The first-order valence-corrected chi connectivity index (χ1v) is 11.1. The Morgan fingerprint density at radius 2 is 1.96 bits per heavy atom. The molecule has 8 atom stereocenters. The van der Waals surface area contributed by atoms with Gasteiger partial charge in [-0.2, -0.15) is 0 Å². The summed E-state index contributed by atoms with van der Waals surface area (Å²) in [6.45, 7) is 8.64. The summed E-state index contributed by atoms with van der Waals surface area (Å²) in [6.07, 6.45) is 13.2. The number of rotatable bonds is 3. The second-order valence-electron chi connectivity index (χ2n) is 10.5. The van der Waals surface area contributed by atoms with Crippen LogP contribution in [0.15, 0.2) is 11.6 Å². The third-order valence-corrected chi connectivity index (χ3v) is 9.31. The molecule has 0 spiro atoms. The molecule has 0 radical (unpaired) electrons. The van der Waals surface area contributed by atoms with Crippen molar-refractivity contribution in [2.45, 2.75) is 85.2 Å². The van der Waals surface area contributed by atoms with Gasteiger partial charge in [0.25, 0.3) is 0 Å². The fraction of sp³-hybridized carbons (Fsp3) is 0.833. The van der Waals surface area contributed by atoms with Gasteiger partial charge in [0, 0.05) is 19.3 Å². The lowest BCUT2D eigenvalue weighted by atomic mass is 9.47. The van der Waals surface area contributed by atoms with Crippen molar-refractivity contribution in [2.24, 2.45) is 40.4 Å². The Morgan fingerprint density at radius 1 is 1.19 bits per heavy atom. The molecule has 0 aromatic heterocycles. The first kappa shape index (κ1) is 19.2. The Bertz CT molecular complexity index is 652. The van der Waals surface area contributed by atoms with Crippen molar-refractivity contribution in [3.05, 3.63) is 11.6 Å². The quantitative estimate of drug-likeness (QED) is 0.382. The molecule has 0 aliphatic heterocycles. The fourth-order valence-corrected chi connectivity index (χ4v) is 7.96. The maximum absolute atomic E-state index is 11.5. The van der Waals surface area contributed by atoms with E-state index in [1.54, 1.807) is 5.57 Å². The first-order chi connectivity index (χ1) is 12.8. The van der Waals surface area contributed by atoms with Gasteiger partial charge in [0.2, 0.25) is 0 Å². The predicted octanol–water partition coefficient (Wildman–Crippen LogP) is 5.33. The van der Waals surface area contributed by atoms with Gasteiger partial charge in [-0.05, 0) is 79.4 Å². The van der Waals surface area contributed by atoms with Gasteiger partial charge < -0.3 is 9.53 Å². The summed E-state index contributed by atoms with van der Waals surface area (Å²) in [4.78, 5) is 22.9. The van der Waals surface area contributed by atoms with E-state index >= 15 is 0 Å². The topological polar surface area (TPSA) is 43.4 Å². The fourth-order valence-electron chi connectivity index (χ4n) is 7.96. The third-order valence-electron chi connectivity index (χ3n) is 9.31.